The minimum Gasteiger partial charge on any atom is -0.313 e. The van der Waals surface area contributed by atoms with Crippen LogP contribution in [0, 0.1) is 0 Å². The summed E-state index contributed by atoms with van der Waals surface area (Å²) in [5.41, 5.74) is 0. The molecule has 2 rings (SSSR count). The Bertz CT molecular complexity index is 536. The van der Waals surface area contributed by atoms with E-state index in [0.29, 0.717) is 19.1 Å². The average molecular weight is 314 g/mol. The first-order valence-electron chi connectivity index (χ1n) is 7.15. The molecule has 2 heterocycles. The molecule has 1 saturated heterocycles. The Morgan fingerprint density at radius 1 is 1.38 bits per heavy atom. The molecule has 2 N–H and O–H groups in total. The van der Waals surface area contributed by atoms with E-state index >= 15 is 0 Å². The lowest BCUT2D eigenvalue weighted by Gasteiger charge is -2.34. The van der Waals surface area contributed by atoms with Gasteiger partial charge in [0.15, 0.2) is 0 Å². The predicted octanol–water partition coefficient (Wildman–Crippen LogP) is 0.381. The van der Waals surface area contributed by atoms with Gasteiger partial charge < -0.3 is 5.32 Å². The monoisotopic (exact) mass is 314 g/mol. The highest BCUT2D eigenvalue weighted by Gasteiger charge is 2.32. The second-order valence-electron chi connectivity index (χ2n) is 5.40. The molecule has 1 fully saturated rings. The van der Waals surface area contributed by atoms with Crippen molar-refractivity contribution in [1.82, 2.24) is 24.8 Å². The van der Waals surface area contributed by atoms with Gasteiger partial charge in [0.1, 0.15) is 0 Å². The van der Waals surface area contributed by atoms with Crippen LogP contribution in [0.4, 0.5) is 5.95 Å². The van der Waals surface area contributed by atoms with Gasteiger partial charge in [-0.25, -0.2) is 9.71 Å². The lowest BCUT2D eigenvalue weighted by atomic mass is 10.0. The fourth-order valence-electron chi connectivity index (χ4n) is 2.33. The second-order valence-corrected chi connectivity index (χ2v) is 7.02. The minimum atomic E-state index is -3.66. The summed E-state index contributed by atoms with van der Waals surface area (Å²) < 4.78 is 28.9. The average Bonchev–Trinajstić information content (AvgIpc) is 2.46. The fraction of sp³-hybridized carbons (Fsp3) is 0.750. The highest BCUT2D eigenvalue weighted by molar-refractivity contribution is 7.90. The van der Waals surface area contributed by atoms with Gasteiger partial charge in [0.2, 0.25) is 0 Å². The number of nitrogens with one attached hydrogen (secondary N) is 2. The van der Waals surface area contributed by atoms with E-state index in [1.54, 1.807) is 0 Å². The first-order chi connectivity index (χ1) is 9.99. The summed E-state index contributed by atoms with van der Waals surface area (Å²) in [5.74, 6) is -0.00126. The number of aromatic nitrogens is 3. The minimum absolute atomic E-state index is 0.00126. The maximum atomic E-state index is 12.5. The van der Waals surface area contributed by atoms with Crippen LogP contribution in [0.25, 0.3) is 0 Å². The summed E-state index contributed by atoms with van der Waals surface area (Å²) >= 11 is 0. The highest BCUT2D eigenvalue weighted by atomic mass is 32.2. The zero-order chi connectivity index (χ0) is 15.3. The van der Waals surface area contributed by atoms with E-state index in [1.165, 1.54) is 16.7 Å². The smallest absolute Gasteiger partial charge is 0.304 e. The Morgan fingerprint density at radius 3 is 2.86 bits per heavy atom. The summed E-state index contributed by atoms with van der Waals surface area (Å²) in [4.78, 5) is 3.85. The molecule has 1 aliphatic heterocycles. The molecule has 1 aromatic rings. The molecular weight excluding hydrogens is 292 g/mol. The lowest BCUT2D eigenvalue weighted by molar-refractivity contribution is 0.243. The van der Waals surface area contributed by atoms with Crippen molar-refractivity contribution in [3.8, 4) is 0 Å². The van der Waals surface area contributed by atoms with Gasteiger partial charge in [-0.1, -0.05) is 20.3 Å². The van der Waals surface area contributed by atoms with Crippen LogP contribution in [0.2, 0.25) is 0 Å². The molecule has 1 atom stereocenters. The molecule has 0 saturated carbocycles. The van der Waals surface area contributed by atoms with E-state index in [4.69, 9.17) is 0 Å². The van der Waals surface area contributed by atoms with Crippen LogP contribution in [0.15, 0.2) is 12.4 Å². The molecule has 1 aliphatic rings. The van der Waals surface area contributed by atoms with Crippen LogP contribution in [-0.4, -0.2) is 53.1 Å². The van der Waals surface area contributed by atoms with Crippen LogP contribution in [-0.2, 0) is 10.2 Å². The molecule has 1 unspecified atom stereocenters. The number of piperidine rings is 1. The third-order valence-corrected chi connectivity index (χ3v) is 4.89. The molecule has 118 valence electrons. The van der Waals surface area contributed by atoms with E-state index in [2.05, 4.69) is 25.2 Å². The van der Waals surface area contributed by atoms with Crippen molar-refractivity contribution in [2.45, 2.75) is 45.2 Å². The molecule has 21 heavy (non-hydrogen) atoms. The van der Waals surface area contributed by atoms with Crippen molar-refractivity contribution in [3.63, 3.8) is 0 Å². The van der Waals surface area contributed by atoms with Crippen LogP contribution in [0.1, 0.15) is 33.1 Å². The summed E-state index contributed by atoms with van der Waals surface area (Å²) in [7, 11) is -3.66. The van der Waals surface area contributed by atoms with Crippen molar-refractivity contribution >= 4 is 16.2 Å². The Morgan fingerprint density at radius 2 is 2.19 bits per heavy atom. The zero-order valence-corrected chi connectivity index (χ0v) is 13.2. The Kier molecular flexibility index (Phi) is 5.43. The SMILES string of the molecule is CC(C)NCC1CCCCN1S(=O)(=O)Nc1nccnn1. The van der Waals surface area contributed by atoms with E-state index in [0.717, 1.165) is 19.3 Å². The molecule has 0 amide bonds. The first-order valence-corrected chi connectivity index (χ1v) is 8.59. The largest absolute Gasteiger partial charge is 0.313 e. The molecule has 0 aromatic carbocycles. The number of hydrogen-bond acceptors (Lipinski definition) is 6. The molecular formula is C12H22N6O2S. The standard InChI is InChI=1S/C12H22N6O2S/c1-10(2)14-9-11-5-3-4-8-18(11)21(19,20)17-12-13-6-7-15-16-12/h6-7,10-11,14H,3-5,8-9H2,1-2H3,(H,13,16,17). The third-order valence-electron chi connectivity index (χ3n) is 3.35. The van der Waals surface area contributed by atoms with Crippen LogP contribution in [0.3, 0.4) is 0 Å². The van der Waals surface area contributed by atoms with E-state index < -0.39 is 10.2 Å². The number of rotatable bonds is 6. The van der Waals surface area contributed by atoms with Crippen LogP contribution >= 0.6 is 0 Å². The highest BCUT2D eigenvalue weighted by Crippen LogP contribution is 2.20. The van der Waals surface area contributed by atoms with Crippen molar-refractivity contribution in [2.24, 2.45) is 0 Å². The molecule has 8 nitrogen and oxygen atoms in total. The van der Waals surface area contributed by atoms with E-state index in [9.17, 15) is 8.42 Å². The Labute approximate surface area is 125 Å². The molecule has 0 aliphatic carbocycles. The van der Waals surface area contributed by atoms with Gasteiger partial charge in [0.25, 0.3) is 5.95 Å². The Balaban J connectivity index is 2.08. The summed E-state index contributed by atoms with van der Waals surface area (Å²) in [5, 5.41) is 10.6. The molecule has 0 spiro atoms. The maximum Gasteiger partial charge on any atom is 0.304 e. The van der Waals surface area contributed by atoms with Gasteiger partial charge in [-0.05, 0) is 12.8 Å². The molecule has 9 heteroatoms. The van der Waals surface area contributed by atoms with Crippen molar-refractivity contribution in [2.75, 3.05) is 17.8 Å². The van der Waals surface area contributed by atoms with Crippen molar-refractivity contribution < 1.29 is 8.42 Å². The first kappa shape index (κ1) is 16.1. The number of hydrogen-bond donors (Lipinski definition) is 2. The quantitative estimate of drug-likeness (QED) is 0.787. The topological polar surface area (TPSA) is 100 Å². The summed E-state index contributed by atoms with van der Waals surface area (Å²) in [6, 6.07) is 0.279. The normalized spacial score (nSPS) is 20.6. The zero-order valence-electron chi connectivity index (χ0n) is 12.4. The fourth-order valence-corrected chi connectivity index (χ4v) is 3.72. The van der Waals surface area contributed by atoms with Crippen molar-refractivity contribution in [3.05, 3.63) is 12.4 Å². The van der Waals surface area contributed by atoms with Gasteiger partial charge in [-0.2, -0.15) is 17.8 Å². The predicted molar refractivity (Wildman–Crippen MR) is 79.9 cm³/mol. The number of nitrogens with zero attached hydrogens (tertiary/aromatic N) is 4. The van der Waals surface area contributed by atoms with Gasteiger partial charge in [-0.15, -0.1) is 5.10 Å². The number of anilines is 1. The lowest BCUT2D eigenvalue weighted by Crippen LogP contribution is -2.51. The van der Waals surface area contributed by atoms with Gasteiger partial charge in [0, 0.05) is 25.2 Å². The van der Waals surface area contributed by atoms with Crippen molar-refractivity contribution in [1.29, 1.82) is 0 Å². The molecule has 0 bridgehead atoms. The van der Waals surface area contributed by atoms with Crippen LogP contribution in [0.5, 0.6) is 0 Å². The summed E-state index contributed by atoms with van der Waals surface area (Å²) in [6.07, 6.45) is 5.56. The van der Waals surface area contributed by atoms with E-state index in [-0.39, 0.29) is 12.0 Å². The second kappa shape index (κ2) is 7.10. The van der Waals surface area contributed by atoms with Gasteiger partial charge in [0.05, 0.1) is 12.4 Å². The molecule has 0 radical (unpaired) electrons. The summed E-state index contributed by atoms with van der Waals surface area (Å²) in [6.45, 7) is 5.25. The van der Waals surface area contributed by atoms with E-state index in [1.807, 2.05) is 13.8 Å². The maximum absolute atomic E-state index is 12.5. The third kappa shape index (κ3) is 4.58. The van der Waals surface area contributed by atoms with Gasteiger partial charge >= 0.3 is 10.2 Å². The van der Waals surface area contributed by atoms with Crippen LogP contribution < -0.4 is 10.0 Å². The van der Waals surface area contributed by atoms with Gasteiger partial charge in [-0.3, -0.25) is 0 Å². The Hall–Kier alpha value is -1.32. The molecule has 1 aromatic heterocycles.